The van der Waals surface area contributed by atoms with Crippen LogP contribution in [-0.2, 0) is 4.74 Å². The Kier molecular flexibility index (Phi) is 7.93. The summed E-state index contributed by atoms with van der Waals surface area (Å²) in [7, 11) is 0. The Morgan fingerprint density at radius 2 is 2.00 bits per heavy atom. The molecule has 1 aromatic rings. The summed E-state index contributed by atoms with van der Waals surface area (Å²) < 4.78 is 11.0. The van der Waals surface area contributed by atoms with Crippen molar-refractivity contribution in [2.75, 3.05) is 32.9 Å². The summed E-state index contributed by atoms with van der Waals surface area (Å²) in [4.78, 5) is 0. The van der Waals surface area contributed by atoms with Crippen LogP contribution in [0.1, 0.15) is 13.3 Å². The van der Waals surface area contributed by atoms with Gasteiger partial charge in [0.1, 0.15) is 12.4 Å². The lowest BCUT2D eigenvalue weighted by atomic mass is 10.3. The molecule has 0 bridgehead atoms. The molecule has 0 atom stereocenters. The third kappa shape index (κ3) is 7.09. The molecule has 18 heavy (non-hydrogen) atoms. The van der Waals surface area contributed by atoms with Gasteiger partial charge in [-0.3, -0.25) is 0 Å². The Labute approximate surface area is 110 Å². The Balaban J connectivity index is 1.97. The molecule has 100 valence electrons. The largest absolute Gasteiger partial charge is 0.491 e. The minimum absolute atomic E-state index is 0.569. The van der Waals surface area contributed by atoms with E-state index in [2.05, 4.69) is 18.8 Å². The highest BCUT2D eigenvalue weighted by atomic mass is 16.5. The van der Waals surface area contributed by atoms with E-state index in [0.29, 0.717) is 19.8 Å². The maximum Gasteiger partial charge on any atom is 0.119 e. The molecule has 0 aliphatic heterocycles. The van der Waals surface area contributed by atoms with E-state index in [1.807, 2.05) is 30.3 Å². The molecule has 0 radical (unpaired) electrons. The normalized spacial score (nSPS) is 10.3. The predicted octanol–water partition coefficient (Wildman–Crippen LogP) is 2.64. The molecule has 1 rings (SSSR count). The van der Waals surface area contributed by atoms with Gasteiger partial charge in [-0.1, -0.05) is 31.7 Å². The zero-order chi connectivity index (χ0) is 13.1. The molecule has 1 N–H and O–H groups in total. The van der Waals surface area contributed by atoms with E-state index < -0.39 is 0 Å². The van der Waals surface area contributed by atoms with Gasteiger partial charge in [-0.25, -0.2) is 0 Å². The molecule has 0 aliphatic carbocycles. The Morgan fingerprint density at radius 1 is 1.22 bits per heavy atom. The molecule has 3 nitrogen and oxygen atoms in total. The molecule has 0 saturated heterocycles. The van der Waals surface area contributed by atoms with Gasteiger partial charge in [0, 0.05) is 6.54 Å². The van der Waals surface area contributed by atoms with Crippen molar-refractivity contribution in [3.05, 3.63) is 42.5 Å². The van der Waals surface area contributed by atoms with Crippen molar-refractivity contribution < 1.29 is 9.47 Å². The van der Waals surface area contributed by atoms with E-state index in [9.17, 15) is 0 Å². The second kappa shape index (κ2) is 9.68. The van der Waals surface area contributed by atoms with Crippen LogP contribution in [0.25, 0.3) is 0 Å². The average molecular weight is 249 g/mol. The lowest BCUT2D eigenvalue weighted by Crippen LogP contribution is -2.20. The molecule has 0 spiro atoms. The molecule has 3 heteroatoms. The fraction of sp³-hybridized carbons (Fsp3) is 0.467. The molecule has 0 aromatic heterocycles. The van der Waals surface area contributed by atoms with Gasteiger partial charge in [0.25, 0.3) is 0 Å². The number of nitrogens with one attached hydrogen (secondary N) is 1. The first-order valence-electron chi connectivity index (χ1n) is 6.46. The number of para-hydroxylation sites is 1. The van der Waals surface area contributed by atoms with Gasteiger partial charge in [-0.05, 0) is 30.7 Å². The molecule has 0 unspecified atom stereocenters. The van der Waals surface area contributed by atoms with Crippen LogP contribution in [0.3, 0.4) is 0 Å². The first kappa shape index (κ1) is 14.7. The lowest BCUT2D eigenvalue weighted by molar-refractivity contribution is 0.116. The van der Waals surface area contributed by atoms with Crippen molar-refractivity contribution in [3.8, 4) is 5.75 Å². The highest BCUT2D eigenvalue weighted by Crippen LogP contribution is 2.07. The van der Waals surface area contributed by atoms with Crippen LogP contribution in [0.15, 0.2) is 42.5 Å². The minimum atomic E-state index is 0.569. The zero-order valence-corrected chi connectivity index (χ0v) is 11.2. The molecule has 0 amide bonds. The van der Waals surface area contributed by atoms with E-state index >= 15 is 0 Å². The number of hydrogen-bond acceptors (Lipinski definition) is 3. The van der Waals surface area contributed by atoms with Crippen molar-refractivity contribution in [1.82, 2.24) is 5.32 Å². The second-order valence-corrected chi connectivity index (χ2v) is 4.14. The standard InChI is InChI=1S/C15H23NO2/c1-3-9-16-12-14(2)13-17-10-11-18-15-7-5-4-6-8-15/h4-8,16H,2-3,9-13H2,1H3. The number of benzene rings is 1. The van der Waals surface area contributed by atoms with E-state index in [1.165, 1.54) is 0 Å². The van der Waals surface area contributed by atoms with Crippen molar-refractivity contribution in [1.29, 1.82) is 0 Å². The van der Waals surface area contributed by atoms with Crippen LogP contribution in [0, 0.1) is 0 Å². The summed E-state index contributed by atoms with van der Waals surface area (Å²) in [6.07, 6.45) is 1.14. The van der Waals surface area contributed by atoms with Crippen LogP contribution in [0.4, 0.5) is 0 Å². The summed E-state index contributed by atoms with van der Waals surface area (Å²) in [5.41, 5.74) is 1.07. The number of ether oxygens (including phenoxy) is 2. The quantitative estimate of drug-likeness (QED) is 0.511. The number of hydrogen-bond donors (Lipinski definition) is 1. The SMILES string of the molecule is C=C(CNCCC)COCCOc1ccccc1. The Morgan fingerprint density at radius 3 is 2.72 bits per heavy atom. The van der Waals surface area contributed by atoms with Gasteiger partial charge in [-0.2, -0.15) is 0 Å². The molecule has 0 fully saturated rings. The van der Waals surface area contributed by atoms with Crippen LogP contribution in [0.2, 0.25) is 0 Å². The third-order valence-corrected chi connectivity index (χ3v) is 2.35. The first-order valence-corrected chi connectivity index (χ1v) is 6.46. The van der Waals surface area contributed by atoms with Crippen molar-refractivity contribution >= 4 is 0 Å². The highest BCUT2D eigenvalue weighted by Gasteiger charge is 1.95. The molecular weight excluding hydrogens is 226 g/mol. The van der Waals surface area contributed by atoms with Crippen molar-refractivity contribution in [2.45, 2.75) is 13.3 Å². The average Bonchev–Trinajstić information content (AvgIpc) is 2.40. The lowest BCUT2D eigenvalue weighted by Gasteiger charge is -2.09. The molecule has 0 aliphatic rings. The van der Waals surface area contributed by atoms with Crippen LogP contribution in [-0.4, -0.2) is 32.9 Å². The maximum atomic E-state index is 5.52. The first-order chi connectivity index (χ1) is 8.83. The zero-order valence-electron chi connectivity index (χ0n) is 11.2. The van der Waals surface area contributed by atoms with E-state index in [4.69, 9.17) is 9.47 Å². The fourth-order valence-corrected chi connectivity index (χ4v) is 1.44. The minimum Gasteiger partial charge on any atom is -0.491 e. The van der Waals surface area contributed by atoms with E-state index in [0.717, 1.165) is 30.8 Å². The van der Waals surface area contributed by atoms with E-state index in [-0.39, 0.29) is 0 Å². The summed E-state index contributed by atoms with van der Waals surface area (Å²) in [6, 6.07) is 9.76. The monoisotopic (exact) mass is 249 g/mol. The second-order valence-electron chi connectivity index (χ2n) is 4.14. The topological polar surface area (TPSA) is 30.5 Å². The van der Waals surface area contributed by atoms with Crippen molar-refractivity contribution in [2.24, 2.45) is 0 Å². The maximum absolute atomic E-state index is 5.52. The van der Waals surface area contributed by atoms with Gasteiger partial charge in [-0.15, -0.1) is 0 Å². The smallest absolute Gasteiger partial charge is 0.119 e. The molecule has 0 saturated carbocycles. The predicted molar refractivity (Wildman–Crippen MR) is 75.1 cm³/mol. The Bertz CT molecular complexity index is 325. The van der Waals surface area contributed by atoms with Crippen LogP contribution in [0.5, 0.6) is 5.75 Å². The summed E-state index contributed by atoms with van der Waals surface area (Å²) in [6.45, 7) is 9.70. The van der Waals surface area contributed by atoms with E-state index in [1.54, 1.807) is 0 Å². The fourth-order valence-electron chi connectivity index (χ4n) is 1.44. The van der Waals surface area contributed by atoms with Gasteiger partial charge in [0.2, 0.25) is 0 Å². The number of rotatable bonds is 10. The van der Waals surface area contributed by atoms with Gasteiger partial charge in [0.15, 0.2) is 0 Å². The third-order valence-electron chi connectivity index (χ3n) is 2.35. The van der Waals surface area contributed by atoms with Gasteiger partial charge >= 0.3 is 0 Å². The highest BCUT2D eigenvalue weighted by molar-refractivity contribution is 5.20. The summed E-state index contributed by atoms with van der Waals surface area (Å²) in [5, 5.41) is 3.29. The van der Waals surface area contributed by atoms with Gasteiger partial charge < -0.3 is 14.8 Å². The van der Waals surface area contributed by atoms with Crippen LogP contribution >= 0.6 is 0 Å². The molecular formula is C15H23NO2. The van der Waals surface area contributed by atoms with Gasteiger partial charge in [0.05, 0.1) is 13.2 Å². The summed E-state index contributed by atoms with van der Waals surface area (Å²) >= 11 is 0. The van der Waals surface area contributed by atoms with Crippen LogP contribution < -0.4 is 10.1 Å². The van der Waals surface area contributed by atoms with Crippen molar-refractivity contribution in [3.63, 3.8) is 0 Å². The Hall–Kier alpha value is -1.32. The summed E-state index contributed by atoms with van der Waals surface area (Å²) in [5.74, 6) is 0.879. The molecule has 1 aromatic carbocycles. The molecule has 0 heterocycles.